The van der Waals surface area contributed by atoms with Crippen LogP contribution in [0.2, 0.25) is 5.02 Å². The second kappa shape index (κ2) is 6.06. The first-order chi connectivity index (χ1) is 9.38. The van der Waals surface area contributed by atoms with Crippen LogP contribution in [0.3, 0.4) is 0 Å². The summed E-state index contributed by atoms with van der Waals surface area (Å²) in [5, 5.41) is 15.2. The molecule has 1 aromatic heterocycles. The zero-order valence-electron chi connectivity index (χ0n) is 10.1. The summed E-state index contributed by atoms with van der Waals surface area (Å²) < 4.78 is 1.01. The van der Waals surface area contributed by atoms with Crippen LogP contribution in [0.25, 0.3) is 0 Å². The Kier molecular flexibility index (Phi) is 4.61. The molecule has 1 aromatic carbocycles. The Hall–Kier alpha value is -1.19. The van der Waals surface area contributed by atoms with Crippen molar-refractivity contribution in [3.63, 3.8) is 0 Å². The molecule has 0 aliphatic rings. The number of carbonyl (C=O) groups is 1. The SMILES string of the molecule is Cc1cc([N+](=O)[O-])c(Cl)cc1NC(=O)c1csc(I)c1. The Morgan fingerprint density at radius 2 is 2.15 bits per heavy atom. The first-order valence-electron chi connectivity index (χ1n) is 5.38. The van der Waals surface area contributed by atoms with Gasteiger partial charge in [0.25, 0.3) is 11.6 Å². The molecule has 1 N–H and O–H groups in total. The molecule has 0 saturated carbocycles. The fourth-order valence-electron chi connectivity index (χ4n) is 1.56. The van der Waals surface area contributed by atoms with Crippen LogP contribution in [0, 0.1) is 19.9 Å². The van der Waals surface area contributed by atoms with Gasteiger partial charge in [-0.25, -0.2) is 0 Å². The first-order valence-corrected chi connectivity index (χ1v) is 7.72. The zero-order chi connectivity index (χ0) is 14.9. The molecule has 0 aliphatic carbocycles. The lowest BCUT2D eigenvalue weighted by Crippen LogP contribution is -2.12. The molecule has 0 saturated heterocycles. The summed E-state index contributed by atoms with van der Waals surface area (Å²) in [7, 11) is 0. The highest BCUT2D eigenvalue weighted by atomic mass is 127. The third-order valence-electron chi connectivity index (χ3n) is 2.57. The fourth-order valence-corrected chi connectivity index (χ4v) is 3.12. The molecular formula is C12H8ClIN2O3S. The van der Waals surface area contributed by atoms with Gasteiger partial charge in [-0.3, -0.25) is 14.9 Å². The van der Waals surface area contributed by atoms with Crippen molar-refractivity contribution >= 4 is 62.8 Å². The maximum Gasteiger partial charge on any atom is 0.288 e. The average Bonchev–Trinajstić information content (AvgIpc) is 2.79. The minimum atomic E-state index is -0.553. The van der Waals surface area contributed by atoms with Gasteiger partial charge in [-0.15, -0.1) is 11.3 Å². The molecule has 0 radical (unpaired) electrons. The molecule has 1 amide bonds. The quantitative estimate of drug-likeness (QED) is 0.450. The zero-order valence-corrected chi connectivity index (χ0v) is 13.9. The minimum absolute atomic E-state index is 0.00389. The Morgan fingerprint density at radius 1 is 1.45 bits per heavy atom. The van der Waals surface area contributed by atoms with Crippen molar-refractivity contribution in [2.24, 2.45) is 0 Å². The number of nitrogens with zero attached hydrogens (tertiary/aromatic N) is 1. The second-order valence-electron chi connectivity index (χ2n) is 3.97. The van der Waals surface area contributed by atoms with Crippen LogP contribution in [0.15, 0.2) is 23.6 Å². The van der Waals surface area contributed by atoms with Crippen LogP contribution in [0.4, 0.5) is 11.4 Å². The van der Waals surface area contributed by atoms with Gasteiger partial charge in [0.15, 0.2) is 0 Å². The van der Waals surface area contributed by atoms with Gasteiger partial charge in [-0.05, 0) is 47.2 Å². The highest BCUT2D eigenvalue weighted by molar-refractivity contribution is 14.1. The predicted octanol–water partition coefficient (Wildman–Crippen LogP) is 4.48. The number of nitrogens with one attached hydrogen (secondary N) is 1. The van der Waals surface area contributed by atoms with Crippen molar-refractivity contribution in [1.29, 1.82) is 0 Å². The molecule has 2 rings (SSSR count). The average molecular weight is 423 g/mol. The third kappa shape index (κ3) is 3.28. The molecule has 0 aliphatic heterocycles. The van der Waals surface area contributed by atoms with E-state index in [9.17, 15) is 14.9 Å². The van der Waals surface area contributed by atoms with Gasteiger partial charge < -0.3 is 5.32 Å². The van der Waals surface area contributed by atoms with Crippen LogP contribution in [-0.2, 0) is 0 Å². The maximum absolute atomic E-state index is 12.0. The van der Waals surface area contributed by atoms with Crippen molar-refractivity contribution in [2.75, 3.05) is 5.32 Å². The molecule has 5 nitrogen and oxygen atoms in total. The van der Waals surface area contributed by atoms with Gasteiger partial charge in [0.1, 0.15) is 5.02 Å². The number of anilines is 1. The Balaban J connectivity index is 2.28. The molecule has 8 heteroatoms. The lowest BCUT2D eigenvalue weighted by atomic mass is 10.1. The highest BCUT2D eigenvalue weighted by Gasteiger charge is 2.17. The van der Waals surface area contributed by atoms with E-state index in [1.807, 2.05) is 0 Å². The highest BCUT2D eigenvalue weighted by Crippen LogP contribution is 2.31. The number of rotatable bonds is 3. The van der Waals surface area contributed by atoms with Crippen LogP contribution in [0.5, 0.6) is 0 Å². The van der Waals surface area contributed by atoms with Crippen molar-refractivity contribution in [3.8, 4) is 0 Å². The summed E-state index contributed by atoms with van der Waals surface area (Å²) in [5.41, 5.74) is 1.42. The molecular weight excluding hydrogens is 415 g/mol. The molecule has 0 unspecified atom stereocenters. The molecule has 2 aromatic rings. The van der Waals surface area contributed by atoms with Gasteiger partial charge in [-0.1, -0.05) is 11.6 Å². The molecule has 1 heterocycles. The number of thiophene rings is 1. The van der Waals surface area contributed by atoms with Gasteiger partial charge in [-0.2, -0.15) is 0 Å². The van der Waals surface area contributed by atoms with E-state index in [0.29, 0.717) is 16.8 Å². The Bertz CT molecular complexity index is 702. The lowest BCUT2D eigenvalue weighted by Gasteiger charge is -2.08. The molecule has 0 fully saturated rings. The van der Waals surface area contributed by atoms with E-state index in [1.165, 1.54) is 23.5 Å². The number of nitro benzene ring substituents is 1. The minimum Gasteiger partial charge on any atom is -0.322 e. The summed E-state index contributed by atoms with van der Waals surface area (Å²) in [6, 6.07) is 4.50. The standard InChI is InChI=1S/C12H8ClIN2O3S/c1-6-2-10(16(18)19)8(13)4-9(6)15-12(17)7-3-11(14)20-5-7/h2-5H,1H3,(H,15,17). The number of hydrogen-bond acceptors (Lipinski definition) is 4. The number of aryl methyl sites for hydroxylation is 1. The van der Waals surface area contributed by atoms with Gasteiger partial charge in [0, 0.05) is 17.1 Å². The fraction of sp³-hybridized carbons (Fsp3) is 0.0833. The molecule has 0 atom stereocenters. The lowest BCUT2D eigenvalue weighted by molar-refractivity contribution is -0.384. The number of amides is 1. The van der Waals surface area contributed by atoms with E-state index in [2.05, 4.69) is 27.9 Å². The summed E-state index contributed by atoms with van der Waals surface area (Å²) in [6.45, 7) is 1.68. The smallest absolute Gasteiger partial charge is 0.288 e. The summed E-state index contributed by atoms with van der Waals surface area (Å²) in [4.78, 5) is 22.2. The van der Waals surface area contributed by atoms with Crippen molar-refractivity contribution in [1.82, 2.24) is 0 Å². The number of carbonyl (C=O) groups excluding carboxylic acids is 1. The van der Waals surface area contributed by atoms with Crippen LogP contribution in [0.1, 0.15) is 15.9 Å². The number of hydrogen-bond donors (Lipinski definition) is 1. The normalized spacial score (nSPS) is 10.3. The van der Waals surface area contributed by atoms with E-state index in [4.69, 9.17) is 11.6 Å². The number of benzene rings is 1. The Labute approximate surface area is 137 Å². The predicted molar refractivity (Wildman–Crippen MR) is 87.8 cm³/mol. The Morgan fingerprint density at radius 3 is 2.70 bits per heavy atom. The molecule has 0 spiro atoms. The van der Waals surface area contributed by atoms with Crippen molar-refractivity contribution < 1.29 is 9.72 Å². The number of halogens is 2. The van der Waals surface area contributed by atoms with Gasteiger partial charge >= 0.3 is 0 Å². The summed E-state index contributed by atoms with van der Waals surface area (Å²) in [6.07, 6.45) is 0. The second-order valence-corrected chi connectivity index (χ2v) is 7.18. The number of nitro groups is 1. The molecule has 20 heavy (non-hydrogen) atoms. The van der Waals surface area contributed by atoms with Crippen molar-refractivity contribution in [3.05, 3.63) is 52.7 Å². The van der Waals surface area contributed by atoms with E-state index >= 15 is 0 Å². The van der Waals surface area contributed by atoms with Gasteiger partial charge in [0.2, 0.25) is 0 Å². The summed E-state index contributed by atoms with van der Waals surface area (Å²) >= 11 is 9.44. The largest absolute Gasteiger partial charge is 0.322 e. The topological polar surface area (TPSA) is 72.2 Å². The van der Waals surface area contributed by atoms with E-state index in [0.717, 1.165) is 2.88 Å². The monoisotopic (exact) mass is 422 g/mol. The van der Waals surface area contributed by atoms with E-state index in [-0.39, 0.29) is 16.6 Å². The van der Waals surface area contributed by atoms with E-state index in [1.54, 1.807) is 18.4 Å². The first kappa shape index (κ1) is 15.2. The van der Waals surface area contributed by atoms with Gasteiger partial charge in [0.05, 0.1) is 13.4 Å². The van der Waals surface area contributed by atoms with E-state index < -0.39 is 4.92 Å². The third-order valence-corrected chi connectivity index (χ3v) is 4.66. The molecule has 104 valence electrons. The van der Waals surface area contributed by atoms with Crippen LogP contribution >= 0.6 is 45.5 Å². The van der Waals surface area contributed by atoms with Crippen LogP contribution < -0.4 is 5.32 Å². The van der Waals surface area contributed by atoms with Crippen LogP contribution in [-0.4, -0.2) is 10.8 Å². The summed E-state index contributed by atoms with van der Waals surface area (Å²) in [5.74, 6) is -0.266. The van der Waals surface area contributed by atoms with Crippen molar-refractivity contribution in [2.45, 2.75) is 6.92 Å². The maximum atomic E-state index is 12.0. The molecule has 0 bridgehead atoms.